The van der Waals surface area contributed by atoms with Crippen LogP contribution in [0.15, 0.2) is 36.4 Å². The van der Waals surface area contributed by atoms with Crippen molar-refractivity contribution >= 4 is 29.3 Å². The monoisotopic (exact) mass is 478 g/mol. The number of nitrogens with zero attached hydrogens (tertiary/aromatic N) is 3. The number of hydrogen-bond donors (Lipinski definition) is 1. The molecule has 1 unspecified atom stereocenters. The van der Waals surface area contributed by atoms with Gasteiger partial charge in [0.2, 0.25) is 11.8 Å². The van der Waals surface area contributed by atoms with Gasteiger partial charge in [-0.3, -0.25) is 24.1 Å². The van der Waals surface area contributed by atoms with Crippen molar-refractivity contribution in [1.29, 1.82) is 0 Å². The quantitative estimate of drug-likeness (QED) is 0.647. The average molecular weight is 479 g/mol. The molecule has 5 rings (SSSR count). The molecule has 4 amide bonds. The van der Waals surface area contributed by atoms with Gasteiger partial charge in [-0.1, -0.05) is 18.2 Å². The van der Waals surface area contributed by atoms with Gasteiger partial charge in [0.15, 0.2) is 11.5 Å². The Morgan fingerprint density at radius 3 is 2.57 bits per heavy atom. The molecule has 0 bridgehead atoms. The molecule has 2 aromatic carbocycles. The maximum atomic E-state index is 13.6. The lowest BCUT2D eigenvalue weighted by Crippen LogP contribution is -2.51. The van der Waals surface area contributed by atoms with Gasteiger partial charge in [-0.15, -0.1) is 0 Å². The molecule has 3 heterocycles. The summed E-state index contributed by atoms with van der Waals surface area (Å²) in [6, 6.07) is 10.3. The van der Waals surface area contributed by atoms with Gasteiger partial charge in [0.25, 0.3) is 11.8 Å². The highest BCUT2D eigenvalue weighted by Crippen LogP contribution is 2.49. The van der Waals surface area contributed by atoms with Crippen molar-refractivity contribution in [3.8, 4) is 11.5 Å². The van der Waals surface area contributed by atoms with Crippen LogP contribution in [0.25, 0.3) is 0 Å². The molecule has 0 radical (unpaired) electrons. The Morgan fingerprint density at radius 2 is 1.86 bits per heavy atom. The van der Waals surface area contributed by atoms with E-state index in [2.05, 4.69) is 5.32 Å². The van der Waals surface area contributed by atoms with E-state index in [9.17, 15) is 19.2 Å². The molecule has 10 nitrogen and oxygen atoms in total. The summed E-state index contributed by atoms with van der Waals surface area (Å²) in [6.07, 6.45) is 0.563. The lowest BCUT2D eigenvalue weighted by atomic mass is 10.0. The van der Waals surface area contributed by atoms with Gasteiger partial charge >= 0.3 is 0 Å². The fraction of sp³-hybridized carbons (Fsp3) is 0.360. The summed E-state index contributed by atoms with van der Waals surface area (Å²) < 4.78 is 10.9. The minimum atomic E-state index is -0.800. The normalized spacial score (nSPS) is 18.4. The second-order valence-corrected chi connectivity index (χ2v) is 8.60. The Hall–Kier alpha value is -4.08. The molecule has 1 fully saturated rings. The average Bonchev–Trinajstić information content (AvgIpc) is 3.41. The Kier molecular flexibility index (Phi) is 5.80. The first-order valence-corrected chi connectivity index (χ1v) is 11.5. The van der Waals surface area contributed by atoms with Crippen LogP contribution in [0.4, 0.5) is 5.69 Å². The molecule has 1 saturated heterocycles. The van der Waals surface area contributed by atoms with E-state index in [1.807, 2.05) is 0 Å². The van der Waals surface area contributed by atoms with Crippen LogP contribution in [0, 0.1) is 0 Å². The molecule has 1 atom stereocenters. The first kappa shape index (κ1) is 22.7. The van der Waals surface area contributed by atoms with Crippen molar-refractivity contribution in [2.24, 2.45) is 0 Å². The highest BCUT2D eigenvalue weighted by molar-refractivity contribution is 6.18. The molecule has 0 spiro atoms. The summed E-state index contributed by atoms with van der Waals surface area (Å²) in [5, 5.41) is 2.80. The molecular weight excluding hydrogens is 452 g/mol. The molecule has 0 aliphatic carbocycles. The molecular formula is C25H26N4O6. The smallest absolute Gasteiger partial charge is 0.264 e. The zero-order valence-electron chi connectivity index (χ0n) is 19.6. The van der Waals surface area contributed by atoms with Crippen molar-refractivity contribution in [2.45, 2.75) is 19.0 Å². The molecule has 3 aliphatic heterocycles. The van der Waals surface area contributed by atoms with Crippen LogP contribution < -0.4 is 19.7 Å². The Morgan fingerprint density at radius 1 is 1.06 bits per heavy atom. The first-order chi connectivity index (χ1) is 17.0. The number of fused-ring (bicyclic) bond motifs is 5. The van der Waals surface area contributed by atoms with E-state index in [1.54, 1.807) is 41.3 Å². The summed E-state index contributed by atoms with van der Waals surface area (Å²) in [5.74, 6) is -0.275. The standard InChI is InChI=1S/C25H26N4O6/c1-34-18-10-9-16-21(22(18)35-2)25(33)29-17-7-4-3-6-15(17)24(32)28(23(16)29)14-19(30)26-11-13-27-12-5-8-20(27)31/h3-4,6-7,9-10,23H,5,8,11-14H2,1-2H3,(H,26,30). The Labute approximate surface area is 202 Å². The second-order valence-electron chi connectivity index (χ2n) is 8.60. The zero-order chi connectivity index (χ0) is 24.7. The summed E-state index contributed by atoms with van der Waals surface area (Å²) >= 11 is 0. The molecule has 1 N–H and O–H groups in total. The molecule has 0 saturated carbocycles. The maximum Gasteiger partial charge on any atom is 0.264 e. The van der Waals surface area contributed by atoms with E-state index in [-0.39, 0.29) is 42.5 Å². The van der Waals surface area contributed by atoms with Crippen molar-refractivity contribution < 1.29 is 28.7 Å². The van der Waals surface area contributed by atoms with Gasteiger partial charge in [0.05, 0.1) is 31.0 Å². The lowest BCUT2D eigenvalue weighted by Gasteiger charge is -2.40. The van der Waals surface area contributed by atoms with Gasteiger partial charge in [-0.05, 0) is 24.6 Å². The summed E-state index contributed by atoms with van der Waals surface area (Å²) in [7, 11) is 2.94. The number of benzene rings is 2. The predicted octanol–water partition coefficient (Wildman–Crippen LogP) is 1.56. The largest absolute Gasteiger partial charge is 0.493 e. The minimum Gasteiger partial charge on any atom is -0.493 e. The summed E-state index contributed by atoms with van der Waals surface area (Å²) in [4.78, 5) is 56.5. The number of methoxy groups -OCH3 is 2. The fourth-order valence-electron chi connectivity index (χ4n) is 5.07. The van der Waals surface area contributed by atoms with Crippen LogP contribution >= 0.6 is 0 Å². The molecule has 35 heavy (non-hydrogen) atoms. The second kappa shape index (κ2) is 8.94. The van der Waals surface area contributed by atoms with E-state index in [1.165, 1.54) is 24.0 Å². The molecule has 182 valence electrons. The van der Waals surface area contributed by atoms with E-state index in [0.717, 1.165) is 6.42 Å². The van der Waals surface area contributed by atoms with E-state index in [4.69, 9.17) is 9.47 Å². The van der Waals surface area contributed by atoms with Gasteiger partial charge < -0.3 is 24.6 Å². The van der Waals surface area contributed by atoms with Crippen LogP contribution in [0.5, 0.6) is 11.5 Å². The van der Waals surface area contributed by atoms with Crippen LogP contribution in [-0.2, 0) is 9.59 Å². The van der Waals surface area contributed by atoms with E-state index < -0.39 is 6.17 Å². The van der Waals surface area contributed by atoms with Crippen molar-refractivity contribution in [3.63, 3.8) is 0 Å². The highest BCUT2D eigenvalue weighted by atomic mass is 16.5. The SMILES string of the molecule is COc1ccc2c(c1OC)C(=O)N1c3ccccc3C(=O)N(CC(=O)NCCN3CCCC3=O)C21. The molecule has 0 aromatic heterocycles. The summed E-state index contributed by atoms with van der Waals surface area (Å²) in [6.45, 7) is 1.16. The number of amides is 4. The van der Waals surface area contributed by atoms with Gasteiger partial charge in [-0.2, -0.15) is 0 Å². The number of para-hydroxylation sites is 1. The van der Waals surface area contributed by atoms with Crippen LogP contribution in [0.2, 0.25) is 0 Å². The number of nitrogens with one attached hydrogen (secondary N) is 1. The number of hydrogen-bond acceptors (Lipinski definition) is 6. The van der Waals surface area contributed by atoms with Gasteiger partial charge in [0, 0.05) is 31.6 Å². The van der Waals surface area contributed by atoms with E-state index in [0.29, 0.717) is 47.6 Å². The molecule has 10 heteroatoms. The number of rotatable bonds is 7. The third kappa shape index (κ3) is 3.65. The summed E-state index contributed by atoms with van der Waals surface area (Å²) in [5.41, 5.74) is 1.69. The zero-order valence-corrected chi connectivity index (χ0v) is 19.6. The molecule has 3 aliphatic rings. The van der Waals surface area contributed by atoms with Gasteiger partial charge in [0.1, 0.15) is 12.7 Å². The topological polar surface area (TPSA) is 108 Å². The number of anilines is 1. The maximum absolute atomic E-state index is 13.6. The highest BCUT2D eigenvalue weighted by Gasteiger charge is 2.50. The van der Waals surface area contributed by atoms with Crippen LogP contribution in [0.3, 0.4) is 0 Å². The van der Waals surface area contributed by atoms with Crippen molar-refractivity contribution in [1.82, 2.24) is 15.1 Å². The van der Waals surface area contributed by atoms with Crippen LogP contribution in [0.1, 0.15) is 45.3 Å². The Bertz CT molecular complexity index is 1230. The number of ether oxygens (including phenoxy) is 2. The van der Waals surface area contributed by atoms with E-state index >= 15 is 0 Å². The van der Waals surface area contributed by atoms with Crippen LogP contribution in [-0.4, -0.2) is 73.8 Å². The minimum absolute atomic E-state index is 0.0863. The fourth-order valence-corrected chi connectivity index (χ4v) is 5.07. The first-order valence-electron chi connectivity index (χ1n) is 11.5. The number of carbonyl (C=O) groups excluding carboxylic acids is 4. The van der Waals surface area contributed by atoms with Gasteiger partial charge in [-0.25, -0.2) is 0 Å². The Balaban J connectivity index is 1.46. The third-order valence-corrected chi connectivity index (χ3v) is 6.67. The lowest BCUT2D eigenvalue weighted by molar-refractivity contribution is -0.128. The number of carbonyl (C=O) groups is 4. The molecule has 2 aromatic rings. The third-order valence-electron chi connectivity index (χ3n) is 6.67. The van der Waals surface area contributed by atoms with Crippen molar-refractivity contribution in [3.05, 3.63) is 53.1 Å². The van der Waals surface area contributed by atoms with Crippen molar-refractivity contribution in [2.75, 3.05) is 45.3 Å². The number of likely N-dealkylation sites (tertiary alicyclic amines) is 1. The predicted molar refractivity (Wildman–Crippen MR) is 125 cm³/mol.